The van der Waals surface area contributed by atoms with Gasteiger partial charge in [-0.15, -0.1) is 0 Å². The van der Waals surface area contributed by atoms with Crippen molar-refractivity contribution in [3.05, 3.63) is 93.0 Å². The number of aromatic nitrogens is 3. The van der Waals surface area contributed by atoms with E-state index in [1.165, 1.54) is 35.0 Å². The second-order valence-electron chi connectivity index (χ2n) is 7.38. The lowest BCUT2D eigenvalue weighted by Gasteiger charge is -2.14. The number of nitrogens with one attached hydrogen (secondary N) is 1. The zero-order valence-electron chi connectivity index (χ0n) is 17.2. The molecule has 0 fully saturated rings. The monoisotopic (exact) mass is 448 g/mol. The average molecular weight is 448 g/mol. The molecule has 0 saturated carbocycles. The number of amides is 1. The number of fused-ring (bicyclic) bond motifs is 2. The summed E-state index contributed by atoms with van der Waals surface area (Å²) in [5.41, 5.74) is -0.0727. The van der Waals surface area contributed by atoms with E-state index in [2.05, 4.69) is 10.3 Å². The van der Waals surface area contributed by atoms with Gasteiger partial charge in [0.1, 0.15) is 12.4 Å². The molecule has 0 atom stereocenters. The van der Waals surface area contributed by atoms with Crippen LogP contribution >= 0.6 is 0 Å². The van der Waals surface area contributed by atoms with E-state index in [0.29, 0.717) is 17.1 Å². The minimum Gasteiger partial charge on any atom is -0.454 e. The molecule has 0 radical (unpaired) electrons. The predicted molar refractivity (Wildman–Crippen MR) is 117 cm³/mol. The summed E-state index contributed by atoms with van der Waals surface area (Å²) in [6, 6.07) is 13.7. The van der Waals surface area contributed by atoms with Crippen LogP contribution in [0.1, 0.15) is 5.56 Å². The first kappa shape index (κ1) is 20.4. The molecule has 5 rings (SSSR count). The maximum absolute atomic E-state index is 13.4. The van der Waals surface area contributed by atoms with E-state index >= 15 is 0 Å². The van der Waals surface area contributed by atoms with Gasteiger partial charge in [0.05, 0.1) is 12.1 Å². The Balaban J connectivity index is 1.53. The van der Waals surface area contributed by atoms with Crippen LogP contribution < -0.4 is 26.0 Å². The number of carbonyl (C=O) groups excluding carboxylic acids is 1. The first-order valence-corrected chi connectivity index (χ1v) is 10.0. The number of pyridine rings is 1. The van der Waals surface area contributed by atoms with E-state index in [-0.39, 0.29) is 36.6 Å². The molecule has 0 saturated heterocycles. The van der Waals surface area contributed by atoms with E-state index in [1.807, 2.05) is 0 Å². The van der Waals surface area contributed by atoms with E-state index in [1.54, 1.807) is 30.3 Å². The highest BCUT2D eigenvalue weighted by Crippen LogP contribution is 2.32. The molecule has 3 heterocycles. The Kier molecular flexibility index (Phi) is 5.09. The molecular weight excluding hydrogens is 431 g/mol. The van der Waals surface area contributed by atoms with Gasteiger partial charge in [-0.2, -0.15) is 0 Å². The number of nitrogens with zero attached hydrogens (tertiary/aromatic N) is 3. The van der Waals surface area contributed by atoms with Crippen molar-refractivity contribution in [3.8, 4) is 11.5 Å². The molecular formula is C23H17FN4O5. The van der Waals surface area contributed by atoms with Crippen LogP contribution in [0.3, 0.4) is 0 Å². The fourth-order valence-corrected chi connectivity index (χ4v) is 3.67. The minimum absolute atomic E-state index is 0.0493. The van der Waals surface area contributed by atoms with E-state index in [9.17, 15) is 18.8 Å². The van der Waals surface area contributed by atoms with Crippen molar-refractivity contribution in [2.75, 3.05) is 12.1 Å². The molecule has 166 valence electrons. The quantitative estimate of drug-likeness (QED) is 0.502. The third kappa shape index (κ3) is 3.93. The first-order chi connectivity index (χ1) is 16.0. The Labute approximate surface area is 185 Å². The lowest BCUT2D eigenvalue weighted by atomic mass is 10.2. The summed E-state index contributed by atoms with van der Waals surface area (Å²) in [6.45, 7) is -0.336. The molecule has 0 bridgehead atoms. The first-order valence-electron chi connectivity index (χ1n) is 10.0. The molecule has 1 amide bonds. The Bertz CT molecular complexity index is 1510. The summed E-state index contributed by atoms with van der Waals surface area (Å²) < 4.78 is 26.3. The second kappa shape index (κ2) is 8.23. The zero-order chi connectivity index (χ0) is 22.9. The molecule has 0 aliphatic carbocycles. The van der Waals surface area contributed by atoms with Gasteiger partial charge < -0.3 is 14.8 Å². The van der Waals surface area contributed by atoms with Crippen molar-refractivity contribution >= 4 is 22.6 Å². The lowest BCUT2D eigenvalue weighted by Crippen LogP contribution is -2.42. The fraction of sp³-hybridized carbons (Fsp3) is 0.130. The number of hydrogen-bond acceptors (Lipinski definition) is 6. The van der Waals surface area contributed by atoms with Crippen molar-refractivity contribution in [3.63, 3.8) is 0 Å². The summed E-state index contributed by atoms with van der Waals surface area (Å²) in [4.78, 5) is 43.1. The van der Waals surface area contributed by atoms with Crippen LogP contribution in [0.5, 0.6) is 11.5 Å². The van der Waals surface area contributed by atoms with Crippen LogP contribution in [-0.4, -0.2) is 26.8 Å². The molecule has 2 aromatic heterocycles. The molecule has 1 aliphatic heterocycles. The number of carbonyl (C=O) groups is 1. The van der Waals surface area contributed by atoms with Gasteiger partial charge in [-0.3, -0.25) is 18.7 Å². The highest BCUT2D eigenvalue weighted by molar-refractivity contribution is 5.91. The smallest absolute Gasteiger partial charge is 0.332 e. The van der Waals surface area contributed by atoms with Gasteiger partial charge in [-0.25, -0.2) is 14.2 Å². The van der Waals surface area contributed by atoms with Gasteiger partial charge in [-0.1, -0.05) is 12.1 Å². The van der Waals surface area contributed by atoms with Gasteiger partial charge in [0.25, 0.3) is 5.56 Å². The summed E-state index contributed by atoms with van der Waals surface area (Å²) in [7, 11) is 0. The molecule has 10 heteroatoms. The van der Waals surface area contributed by atoms with Crippen molar-refractivity contribution in [1.29, 1.82) is 0 Å². The van der Waals surface area contributed by atoms with Crippen molar-refractivity contribution in [2.24, 2.45) is 0 Å². The molecule has 0 unspecified atom stereocenters. The van der Waals surface area contributed by atoms with E-state index in [4.69, 9.17) is 9.47 Å². The largest absolute Gasteiger partial charge is 0.454 e. The van der Waals surface area contributed by atoms with Crippen LogP contribution in [0.4, 0.5) is 10.1 Å². The number of anilines is 1. The molecule has 4 aromatic rings. The third-order valence-electron chi connectivity index (χ3n) is 5.17. The van der Waals surface area contributed by atoms with Crippen LogP contribution in [0.2, 0.25) is 0 Å². The normalized spacial score (nSPS) is 12.2. The average Bonchev–Trinajstić information content (AvgIpc) is 3.27. The Morgan fingerprint density at radius 2 is 1.88 bits per heavy atom. The van der Waals surface area contributed by atoms with Gasteiger partial charge in [0.15, 0.2) is 17.0 Å². The molecule has 0 spiro atoms. The number of halogens is 1. The number of benzene rings is 2. The molecule has 2 aromatic carbocycles. The second-order valence-corrected chi connectivity index (χ2v) is 7.38. The van der Waals surface area contributed by atoms with Gasteiger partial charge >= 0.3 is 5.69 Å². The molecule has 1 N–H and O–H groups in total. The van der Waals surface area contributed by atoms with Gasteiger partial charge in [-0.05, 0) is 48.0 Å². The minimum atomic E-state index is -0.674. The summed E-state index contributed by atoms with van der Waals surface area (Å²) in [5, 5.41) is 2.56. The highest BCUT2D eigenvalue weighted by atomic mass is 19.1. The van der Waals surface area contributed by atoms with E-state index in [0.717, 1.165) is 4.57 Å². The maximum Gasteiger partial charge on any atom is 0.332 e. The summed E-state index contributed by atoms with van der Waals surface area (Å²) in [6.07, 6.45) is 1.44. The fourth-order valence-electron chi connectivity index (χ4n) is 3.67. The Morgan fingerprint density at radius 1 is 1.03 bits per heavy atom. The standard InChI is InChI=1S/C23H17FN4O5/c24-15-3-1-4-16(10-15)26-20(29)12-27-17-5-2-8-25-21(17)22(30)28(23(27)31)11-14-6-7-18-19(9-14)33-13-32-18/h1-10H,11-13H2,(H,26,29). The molecule has 1 aliphatic rings. The van der Waals surface area contributed by atoms with Crippen LogP contribution in [0.25, 0.3) is 11.0 Å². The Hall–Kier alpha value is -4.47. The van der Waals surface area contributed by atoms with Crippen molar-refractivity contribution in [1.82, 2.24) is 14.1 Å². The predicted octanol–water partition coefficient (Wildman–Crippen LogP) is 2.11. The molecule has 33 heavy (non-hydrogen) atoms. The number of rotatable bonds is 5. The topological polar surface area (TPSA) is 104 Å². The summed E-state index contributed by atoms with van der Waals surface area (Å²) >= 11 is 0. The number of hydrogen-bond donors (Lipinski definition) is 1. The molecule has 9 nitrogen and oxygen atoms in total. The lowest BCUT2D eigenvalue weighted by molar-refractivity contribution is -0.116. The van der Waals surface area contributed by atoms with Crippen LogP contribution in [-0.2, 0) is 17.9 Å². The van der Waals surface area contributed by atoms with Crippen molar-refractivity contribution in [2.45, 2.75) is 13.1 Å². The van der Waals surface area contributed by atoms with Gasteiger partial charge in [0, 0.05) is 11.9 Å². The zero-order valence-corrected chi connectivity index (χ0v) is 17.2. The van der Waals surface area contributed by atoms with Crippen molar-refractivity contribution < 1.29 is 18.7 Å². The van der Waals surface area contributed by atoms with Crippen LogP contribution in [0.15, 0.2) is 70.4 Å². The maximum atomic E-state index is 13.4. The SMILES string of the molecule is O=C(Cn1c(=O)n(Cc2ccc3c(c2)OCO3)c(=O)c2ncccc21)Nc1cccc(F)c1. The third-order valence-corrected chi connectivity index (χ3v) is 5.17. The van der Waals surface area contributed by atoms with Gasteiger partial charge in [0.2, 0.25) is 12.7 Å². The number of ether oxygens (including phenoxy) is 2. The highest BCUT2D eigenvalue weighted by Gasteiger charge is 2.18. The van der Waals surface area contributed by atoms with E-state index < -0.39 is 23.0 Å². The Morgan fingerprint density at radius 3 is 2.73 bits per heavy atom. The summed E-state index contributed by atoms with van der Waals surface area (Å²) in [5.74, 6) is 0.0463. The van der Waals surface area contributed by atoms with Crippen LogP contribution in [0, 0.1) is 5.82 Å².